The molecule has 0 bridgehead atoms. The second-order valence-corrected chi connectivity index (χ2v) is 5.62. The maximum Gasteiger partial charge on any atom is 0.217 e. The lowest BCUT2D eigenvalue weighted by molar-refractivity contribution is 0.307. The maximum absolute atomic E-state index is 5.10. The van der Waals surface area contributed by atoms with Crippen LogP contribution in [0, 0.1) is 0 Å². The van der Waals surface area contributed by atoms with Crippen LogP contribution in [0.2, 0.25) is 0 Å². The molecule has 106 valence electrons. The lowest BCUT2D eigenvalue weighted by Gasteiger charge is -2.21. The van der Waals surface area contributed by atoms with E-state index in [9.17, 15) is 0 Å². The van der Waals surface area contributed by atoms with E-state index in [-0.39, 0.29) is 0 Å². The fourth-order valence-electron chi connectivity index (χ4n) is 2.38. The summed E-state index contributed by atoms with van der Waals surface area (Å²) in [6.45, 7) is 0. The smallest absolute Gasteiger partial charge is 0.217 e. The van der Waals surface area contributed by atoms with E-state index in [0.717, 1.165) is 18.0 Å². The molecular weight excluding hydrogens is 276 g/mol. The van der Waals surface area contributed by atoms with Gasteiger partial charge in [-0.25, -0.2) is 9.67 Å². The third kappa shape index (κ3) is 2.90. The molecule has 0 atom stereocenters. The molecule has 0 spiro atoms. The Kier molecular flexibility index (Phi) is 4.10. The Labute approximate surface area is 121 Å². The number of tetrazole rings is 1. The van der Waals surface area contributed by atoms with Crippen LogP contribution in [0.5, 0.6) is 5.88 Å². The van der Waals surface area contributed by atoms with Gasteiger partial charge in [0, 0.05) is 12.3 Å². The summed E-state index contributed by atoms with van der Waals surface area (Å²) in [5, 5.41) is 13.3. The zero-order valence-corrected chi connectivity index (χ0v) is 12.1. The molecule has 0 amide bonds. The van der Waals surface area contributed by atoms with Crippen molar-refractivity contribution in [2.45, 2.75) is 48.5 Å². The molecule has 7 nitrogen and oxygen atoms in total. The average Bonchev–Trinajstić information content (AvgIpc) is 2.96. The van der Waals surface area contributed by atoms with Crippen LogP contribution in [0.3, 0.4) is 0 Å². The molecule has 20 heavy (non-hydrogen) atoms. The number of nitrogens with zero attached hydrogens (tertiary/aromatic N) is 6. The summed E-state index contributed by atoms with van der Waals surface area (Å²) < 4.78 is 7.01. The van der Waals surface area contributed by atoms with E-state index >= 15 is 0 Å². The summed E-state index contributed by atoms with van der Waals surface area (Å²) in [6, 6.07) is 2.11. The predicted octanol–water partition coefficient (Wildman–Crippen LogP) is 2.13. The third-order valence-corrected chi connectivity index (χ3v) is 4.21. The molecule has 2 aromatic heterocycles. The van der Waals surface area contributed by atoms with Gasteiger partial charge in [-0.15, -0.1) is 5.10 Å². The first-order valence-electron chi connectivity index (χ1n) is 6.69. The second-order valence-electron chi connectivity index (χ2n) is 4.68. The van der Waals surface area contributed by atoms with Crippen molar-refractivity contribution in [1.29, 1.82) is 0 Å². The molecule has 0 saturated heterocycles. The van der Waals surface area contributed by atoms with Crippen molar-refractivity contribution in [2.24, 2.45) is 0 Å². The van der Waals surface area contributed by atoms with E-state index in [1.165, 1.54) is 31.0 Å². The Morgan fingerprint density at radius 3 is 2.95 bits per heavy atom. The Morgan fingerprint density at radius 1 is 1.30 bits per heavy atom. The lowest BCUT2D eigenvalue weighted by atomic mass is 9.96. The van der Waals surface area contributed by atoms with Gasteiger partial charge in [0.25, 0.3) is 0 Å². The monoisotopic (exact) mass is 292 g/mol. The minimum atomic E-state index is 0.395. The van der Waals surface area contributed by atoms with Crippen LogP contribution >= 0.6 is 11.8 Å². The predicted molar refractivity (Wildman–Crippen MR) is 72.6 cm³/mol. The van der Waals surface area contributed by atoms with Gasteiger partial charge in [-0.05, 0) is 35.0 Å². The fourth-order valence-corrected chi connectivity index (χ4v) is 3.15. The van der Waals surface area contributed by atoms with E-state index in [4.69, 9.17) is 4.74 Å². The lowest BCUT2D eigenvalue weighted by Crippen LogP contribution is -2.15. The number of hydrogen-bond acceptors (Lipinski definition) is 7. The van der Waals surface area contributed by atoms with Crippen molar-refractivity contribution in [1.82, 2.24) is 30.2 Å². The van der Waals surface area contributed by atoms with Crippen molar-refractivity contribution >= 4 is 11.8 Å². The maximum atomic E-state index is 5.10. The molecule has 0 N–H and O–H groups in total. The van der Waals surface area contributed by atoms with E-state index < -0.39 is 0 Å². The summed E-state index contributed by atoms with van der Waals surface area (Å²) in [5.41, 5.74) is 0. The summed E-state index contributed by atoms with van der Waals surface area (Å²) >= 11 is 1.37. The van der Waals surface area contributed by atoms with Gasteiger partial charge in [-0.3, -0.25) is 0 Å². The fraction of sp³-hybridized carbons (Fsp3) is 0.583. The zero-order valence-electron chi connectivity index (χ0n) is 11.3. The SMILES string of the molecule is COc1ccnc(Sc2nnnn2C2CCCCC2)n1. The van der Waals surface area contributed by atoms with Crippen molar-refractivity contribution in [3.63, 3.8) is 0 Å². The van der Waals surface area contributed by atoms with Gasteiger partial charge < -0.3 is 4.74 Å². The normalized spacial score (nSPS) is 16.2. The summed E-state index contributed by atoms with van der Waals surface area (Å²) in [4.78, 5) is 8.48. The topological polar surface area (TPSA) is 78.6 Å². The standard InChI is InChI=1S/C12H16N6OS/c1-19-10-7-8-13-11(14-10)20-12-15-16-17-18(12)9-5-3-2-4-6-9/h7-9H,2-6H2,1H3. The molecule has 0 aliphatic heterocycles. The van der Waals surface area contributed by atoms with Crippen molar-refractivity contribution in [3.05, 3.63) is 12.3 Å². The van der Waals surface area contributed by atoms with Crippen LogP contribution in [-0.4, -0.2) is 37.3 Å². The molecule has 1 aliphatic carbocycles. The Bertz CT molecular complexity index is 569. The summed E-state index contributed by atoms with van der Waals surface area (Å²) in [5.74, 6) is 0.541. The molecule has 1 aliphatic rings. The molecular formula is C12H16N6OS. The highest BCUT2D eigenvalue weighted by Crippen LogP contribution is 2.31. The zero-order chi connectivity index (χ0) is 13.8. The highest BCUT2D eigenvalue weighted by atomic mass is 32.2. The van der Waals surface area contributed by atoms with Crippen LogP contribution in [0.4, 0.5) is 0 Å². The first-order valence-corrected chi connectivity index (χ1v) is 7.51. The summed E-state index contributed by atoms with van der Waals surface area (Å²) in [6.07, 6.45) is 7.73. The van der Waals surface area contributed by atoms with Gasteiger partial charge in [0.15, 0.2) is 5.16 Å². The molecule has 2 heterocycles. The van der Waals surface area contributed by atoms with Crippen molar-refractivity contribution in [3.8, 4) is 5.88 Å². The molecule has 1 saturated carbocycles. The van der Waals surface area contributed by atoms with Crippen LogP contribution in [0.1, 0.15) is 38.1 Å². The Balaban J connectivity index is 1.78. The Morgan fingerprint density at radius 2 is 2.15 bits per heavy atom. The number of ether oxygens (including phenoxy) is 1. The first-order chi connectivity index (χ1) is 9.86. The number of hydrogen-bond donors (Lipinski definition) is 0. The van der Waals surface area contributed by atoms with Gasteiger partial charge in [0.2, 0.25) is 11.0 Å². The van der Waals surface area contributed by atoms with E-state index in [2.05, 4.69) is 25.5 Å². The van der Waals surface area contributed by atoms with Gasteiger partial charge in [0.05, 0.1) is 13.2 Å². The van der Waals surface area contributed by atoms with Crippen LogP contribution < -0.4 is 4.74 Å². The van der Waals surface area contributed by atoms with Crippen molar-refractivity contribution < 1.29 is 4.74 Å². The van der Waals surface area contributed by atoms with E-state index in [0.29, 0.717) is 17.1 Å². The number of methoxy groups -OCH3 is 1. The quantitative estimate of drug-likeness (QED) is 0.799. The highest BCUT2D eigenvalue weighted by Gasteiger charge is 2.21. The third-order valence-electron chi connectivity index (χ3n) is 3.38. The highest BCUT2D eigenvalue weighted by molar-refractivity contribution is 7.99. The van der Waals surface area contributed by atoms with E-state index in [1.54, 1.807) is 19.4 Å². The second kappa shape index (κ2) is 6.17. The molecule has 2 aromatic rings. The van der Waals surface area contributed by atoms with Crippen LogP contribution in [-0.2, 0) is 0 Å². The largest absolute Gasteiger partial charge is 0.481 e. The van der Waals surface area contributed by atoms with Crippen molar-refractivity contribution in [2.75, 3.05) is 7.11 Å². The van der Waals surface area contributed by atoms with Gasteiger partial charge >= 0.3 is 0 Å². The summed E-state index contributed by atoms with van der Waals surface area (Å²) in [7, 11) is 1.59. The first kappa shape index (κ1) is 13.3. The molecule has 0 aromatic carbocycles. The molecule has 1 fully saturated rings. The van der Waals surface area contributed by atoms with Gasteiger partial charge in [0.1, 0.15) is 0 Å². The van der Waals surface area contributed by atoms with E-state index in [1.807, 2.05) is 4.68 Å². The molecule has 0 radical (unpaired) electrons. The van der Waals surface area contributed by atoms with Crippen LogP contribution in [0.15, 0.2) is 22.6 Å². The molecule has 0 unspecified atom stereocenters. The minimum absolute atomic E-state index is 0.395. The van der Waals surface area contributed by atoms with Crippen LogP contribution in [0.25, 0.3) is 0 Å². The molecule has 3 rings (SSSR count). The average molecular weight is 292 g/mol. The molecule has 8 heteroatoms. The number of aromatic nitrogens is 6. The Hall–Kier alpha value is -1.70. The van der Waals surface area contributed by atoms with Gasteiger partial charge in [-0.1, -0.05) is 19.3 Å². The minimum Gasteiger partial charge on any atom is -0.481 e. The van der Waals surface area contributed by atoms with Gasteiger partial charge in [-0.2, -0.15) is 4.98 Å². The number of rotatable bonds is 4.